The molecule has 0 aromatic carbocycles. The molecule has 98 valence electrons. The zero-order chi connectivity index (χ0) is 12.8. The number of aliphatic carboxylic acids is 1. The molecule has 0 aliphatic carbocycles. The van der Waals surface area contributed by atoms with Gasteiger partial charge in [0.25, 0.3) is 0 Å². The Bertz CT molecular complexity index is 285. The third kappa shape index (κ3) is 3.31. The first-order chi connectivity index (χ1) is 8.11. The van der Waals surface area contributed by atoms with Crippen molar-refractivity contribution in [3.05, 3.63) is 0 Å². The van der Waals surface area contributed by atoms with Crippen LogP contribution in [0.3, 0.4) is 0 Å². The van der Waals surface area contributed by atoms with Gasteiger partial charge in [-0.1, -0.05) is 0 Å². The zero-order valence-corrected chi connectivity index (χ0v) is 9.89. The Morgan fingerprint density at radius 3 is 2.76 bits per heavy atom. The van der Waals surface area contributed by atoms with Crippen LogP contribution in [0.2, 0.25) is 0 Å². The van der Waals surface area contributed by atoms with Crippen LogP contribution in [0, 0.1) is 5.92 Å². The van der Waals surface area contributed by atoms with E-state index in [-0.39, 0.29) is 19.2 Å². The van der Waals surface area contributed by atoms with Crippen molar-refractivity contribution in [1.82, 2.24) is 10.2 Å². The van der Waals surface area contributed by atoms with E-state index in [9.17, 15) is 9.59 Å². The second-order valence-corrected chi connectivity index (χ2v) is 3.86. The van der Waals surface area contributed by atoms with Crippen LogP contribution in [0.15, 0.2) is 0 Å². The summed E-state index contributed by atoms with van der Waals surface area (Å²) in [5.74, 6) is -1.59. The number of carboxylic acid groups (broad SMARTS) is 1. The van der Waals surface area contributed by atoms with Crippen LogP contribution in [-0.4, -0.2) is 60.9 Å². The fraction of sp³-hybridized carbons (Fsp3) is 0.800. The molecular formula is C10H19N3O4. The summed E-state index contributed by atoms with van der Waals surface area (Å²) in [5, 5.41) is 11.7. The van der Waals surface area contributed by atoms with E-state index < -0.39 is 17.9 Å². The third-order valence-electron chi connectivity index (χ3n) is 2.79. The maximum Gasteiger partial charge on any atom is 0.317 e. The Kier molecular flexibility index (Phi) is 5.17. The summed E-state index contributed by atoms with van der Waals surface area (Å²) in [5.41, 5.74) is 5.30. The maximum atomic E-state index is 11.8. The van der Waals surface area contributed by atoms with Crippen LogP contribution >= 0.6 is 0 Å². The molecule has 2 atom stereocenters. The van der Waals surface area contributed by atoms with E-state index in [2.05, 4.69) is 5.32 Å². The average Bonchev–Trinajstić information content (AvgIpc) is 2.76. The molecule has 0 spiro atoms. The lowest BCUT2D eigenvalue weighted by molar-refractivity contribution is -0.142. The average molecular weight is 245 g/mol. The van der Waals surface area contributed by atoms with Gasteiger partial charge in [-0.05, 0) is 6.92 Å². The van der Waals surface area contributed by atoms with Crippen LogP contribution in [0.4, 0.5) is 4.79 Å². The quantitative estimate of drug-likeness (QED) is 0.580. The molecule has 2 unspecified atom stereocenters. The molecular weight excluding hydrogens is 226 g/mol. The van der Waals surface area contributed by atoms with Crippen molar-refractivity contribution >= 4 is 12.0 Å². The number of carbonyl (C=O) groups is 2. The number of nitrogens with zero attached hydrogens (tertiary/aromatic N) is 1. The van der Waals surface area contributed by atoms with E-state index >= 15 is 0 Å². The Labute approximate surface area is 99.9 Å². The topological polar surface area (TPSA) is 105 Å². The predicted octanol–water partition coefficient (Wildman–Crippen LogP) is -0.924. The number of nitrogens with two attached hydrogens (primary N) is 1. The standard InChI is InChI=1S/C10H19N3O4/c1-2-13(10(16)12-4-3-11)8-6-17-5-7(8)9(14)15/h7-8H,2-6,11H2,1H3,(H,12,16)(H,14,15). The lowest BCUT2D eigenvalue weighted by Crippen LogP contribution is -2.51. The molecule has 4 N–H and O–H groups in total. The van der Waals surface area contributed by atoms with Crippen molar-refractivity contribution in [2.24, 2.45) is 11.7 Å². The van der Waals surface area contributed by atoms with Crippen LogP contribution in [-0.2, 0) is 9.53 Å². The number of hydrogen-bond donors (Lipinski definition) is 3. The number of nitrogens with one attached hydrogen (secondary N) is 1. The van der Waals surface area contributed by atoms with Gasteiger partial charge in [0, 0.05) is 19.6 Å². The van der Waals surface area contributed by atoms with Gasteiger partial charge in [-0.3, -0.25) is 4.79 Å². The normalized spacial score (nSPS) is 23.4. The molecule has 0 saturated carbocycles. The summed E-state index contributed by atoms with van der Waals surface area (Å²) in [6, 6.07) is -0.699. The number of likely N-dealkylation sites (N-methyl/N-ethyl adjacent to an activating group) is 1. The first kappa shape index (κ1) is 13.7. The van der Waals surface area contributed by atoms with Gasteiger partial charge in [0.05, 0.1) is 19.3 Å². The minimum absolute atomic E-state index is 0.153. The summed E-state index contributed by atoms with van der Waals surface area (Å²) in [6.45, 7) is 3.39. The second-order valence-electron chi connectivity index (χ2n) is 3.86. The molecule has 2 amide bonds. The Morgan fingerprint density at radius 1 is 1.53 bits per heavy atom. The molecule has 7 heteroatoms. The van der Waals surface area contributed by atoms with Crippen LogP contribution in [0.25, 0.3) is 0 Å². The minimum Gasteiger partial charge on any atom is -0.481 e. The largest absolute Gasteiger partial charge is 0.481 e. The monoisotopic (exact) mass is 245 g/mol. The highest BCUT2D eigenvalue weighted by Crippen LogP contribution is 2.20. The van der Waals surface area contributed by atoms with Crippen molar-refractivity contribution in [1.29, 1.82) is 0 Å². The molecule has 1 saturated heterocycles. The summed E-state index contributed by atoms with van der Waals surface area (Å²) in [6.07, 6.45) is 0. The highest BCUT2D eigenvalue weighted by molar-refractivity contribution is 5.77. The first-order valence-corrected chi connectivity index (χ1v) is 5.66. The maximum absolute atomic E-state index is 11.8. The molecule has 1 rings (SSSR count). The molecule has 1 fully saturated rings. The molecule has 0 bridgehead atoms. The van der Waals surface area contributed by atoms with Crippen molar-refractivity contribution in [3.8, 4) is 0 Å². The number of carboxylic acids is 1. The van der Waals surface area contributed by atoms with Crippen LogP contribution in [0.5, 0.6) is 0 Å². The van der Waals surface area contributed by atoms with Crippen LogP contribution < -0.4 is 11.1 Å². The van der Waals surface area contributed by atoms with Crippen molar-refractivity contribution in [2.45, 2.75) is 13.0 Å². The van der Waals surface area contributed by atoms with Crippen molar-refractivity contribution in [3.63, 3.8) is 0 Å². The fourth-order valence-corrected chi connectivity index (χ4v) is 1.90. The number of amides is 2. The molecule has 17 heavy (non-hydrogen) atoms. The zero-order valence-electron chi connectivity index (χ0n) is 9.89. The van der Waals surface area contributed by atoms with E-state index in [4.69, 9.17) is 15.6 Å². The Hall–Kier alpha value is -1.34. The van der Waals surface area contributed by atoms with Gasteiger partial charge in [-0.25, -0.2) is 4.79 Å². The molecule has 0 aromatic rings. The number of ether oxygens (including phenoxy) is 1. The Balaban J connectivity index is 2.65. The van der Waals surface area contributed by atoms with E-state index in [0.717, 1.165) is 0 Å². The molecule has 1 aliphatic heterocycles. The molecule has 1 aliphatic rings. The van der Waals surface area contributed by atoms with Gasteiger partial charge < -0.3 is 25.8 Å². The smallest absolute Gasteiger partial charge is 0.317 e. The van der Waals surface area contributed by atoms with Gasteiger partial charge in [0.2, 0.25) is 0 Å². The summed E-state index contributed by atoms with van der Waals surface area (Å²) < 4.78 is 5.14. The highest BCUT2D eigenvalue weighted by atomic mass is 16.5. The third-order valence-corrected chi connectivity index (χ3v) is 2.79. The fourth-order valence-electron chi connectivity index (χ4n) is 1.90. The van der Waals surface area contributed by atoms with Crippen molar-refractivity contribution < 1.29 is 19.4 Å². The summed E-state index contributed by atoms with van der Waals surface area (Å²) in [4.78, 5) is 24.3. The number of hydrogen-bond acceptors (Lipinski definition) is 4. The summed E-state index contributed by atoms with van der Waals surface area (Å²) in [7, 11) is 0. The molecule has 0 aromatic heterocycles. The first-order valence-electron chi connectivity index (χ1n) is 5.66. The van der Waals surface area contributed by atoms with E-state index in [1.807, 2.05) is 0 Å². The highest BCUT2D eigenvalue weighted by Gasteiger charge is 2.39. The lowest BCUT2D eigenvalue weighted by Gasteiger charge is -2.29. The van der Waals surface area contributed by atoms with Gasteiger partial charge in [0.1, 0.15) is 5.92 Å². The summed E-state index contributed by atoms with van der Waals surface area (Å²) >= 11 is 0. The number of carbonyl (C=O) groups excluding carboxylic acids is 1. The van der Waals surface area contributed by atoms with Gasteiger partial charge >= 0.3 is 12.0 Å². The van der Waals surface area contributed by atoms with Gasteiger partial charge in [-0.15, -0.1) is 0 Å². The molecule has 7 nitrogen and oxygen atoms in total. The molecule has 0 radical (unpaired) electrons. The van der Waals surface area contributed by atoms with E-state index in [1.165, 1.54) is 4.90 Å². The van der Waals surface area contributed by atoms with E-state index in [0.29, 0.717) is 19.6 Å². The van der Waals surface area contributed by atoms with Gasteiger partial charge in [-0.2, -0.15) is 0 Å². The lowest BCUT2D eigenvalue weighted by atomic mass is 10.0. The van der Waals surface area contributed by atoms with E-state index in [1.54, 1.807) is 6.92 Å². The Morgan fingerprint density at radius 2 is 2.24 bits per heavy atom. The minimum atomic E-state index is -0.933. The van der Waals surface area contributed by atoms with Gasteiger partial charge in [0.15, 0.2) is 0 Å². The molecule has 1 heterocycles. The second kappa shape index (κ2) is 6.41. The SMILES string of the molecule is CCN(C(=O)NCCN)C1COCC1C(=O)O. The number of rotatable bonds is 5. The predicted molar refractivity (Wildman–Crippen MR) is 60.6 cm³/mol. The van der Waals surface area contributed by atoms with Crippen LogP contribution in [0.1, 0.15) is 6.92 Å². The van der Waals surface area contributed by atoms with Crippen molar-refractivity contribution in [2.75, 3.05) is 32.8 Å². The number of urea groups is 1.